The first kappa shape index (κ1) is 31.4. The molecule has 0 saturated carbocycles. The molecule has 1 atom stereocenters. The highest BCUT2D eigenvalue weighted by Gasteiger charge is 2.28. The summed E-state index contributed by atoms with van der Waals surface area (Å²) in [5.74, 6) is 6.40. The number of fused-ring (bicyclic) bond motifs is 14. The van der Waals surface area contributed by atoms with Gasteiger partial charge in [0.2, 0.25) is 0 Å². The molecule has 0 N–H and O–H groups in total. The number of furan rings is 2. The summed E-state index contributed by atoms with van der Waals surface area (Å²) in [4.78, 5) is 0. The van der Waals surface area contributed by atoms with Gasteiger partial charge in [-0.1, -0.05) is 84.8 Å². The van der Waals surface area contributed by atoms with E-state index in [-0.39, 0.29) is 0 Å². The lowest BCUT2D eigenvalue weighted by atomic mass is 9.87. The van der Waals surface area contributed by atoms with Crippen molar-refractivity contribution in [3.63, 3.8) is 0 Å². The van der Waals surface area contributed by atoms with Crippen molar-refractivity contribution < 1.29 is 8.83 Å². The number of hydrogen-bond acceptors (Lipinski definition) is 4. The minimum Gasteiger partial charge on any atom is -0.455 e. The minimum absolute atomic E-state index is 0.416. The van der Waals surface area contributed by atoms with Crippen LogP contribution < -0.4 is 0 Å². The van der Waals surface area contributed by atoms with Gasteiger partial charge in [-0.25, -0.2) is 0 Å². The summed E-state index contributed by atoms with van der Waals surface area (Å²) >= 11 is 0. The number of nitrogens with zero attached hydrogens (tertiary/aromatic N) is 4. The van der Waals surface area contributed by atoms with Crippen LogP contribution in [0.4, 0.5) is 0 Å². The fourth-order valence-electron chi connectivity index (χ4n) is 9.32. The van der Waals surface area contributed by atoms with Crippen LogP contribution in [0.15, 0.2) is 142 Å². The van der Waals surface area contributed by atoms with E-state index in [4.69, 9.17) is 8.83 Å². The molecule has 0 saturated heterocycles. The molecule has 1 unspecified atom stereocenters. The molecule has 0 amide bonds. The second-order valence-electron chi connectivity index (χ2n) is 14.7. The monoisotopic (exact) mass is 728 g/mol. The number of rotatable bonds is 3. The van der Waals surface area contributed by atoms with Crippen LogP contribution in [0.5, 0.6) is 0 Å². The Morgan fingerprint density at radius 2 is 1.33 bits per heavy atom. The van der Waals surface area contributed by atoms with E-state index in [9.17, 15) is 10.5 Å². The van der Waals surface area contributed by atoms with Crippen molar-refractivity contribution in [1.82, 2.24) is 9.13 Å². The van der Waals surface area contributed by atoms with Crippen LogP contribution in [0.25, 0.3) is 99.6 Å². The van der Waals surface area contributed by atoms with Gasteiger partial charge in [-0.05, 0) is 78.6 Å². The molecule has 0 bridgehead atoms. The lowest BCUT2D eigenvalue weighted by molar-refractivity contribution is 0.672. The highest BCUT2D eigenvalue weighted by Crippen LogP contribution is 2.45. The molecule has 4 aromatic heterocycles. The molecule has 12 rings (SSSR count). The third kappa shape index (κ3) is 4.34. The summed E-state index contributed by atoms with van der Waals surface area (Å²) in [5.41, 5.74) is 12.0. The highest BCUT2D eigenvalue weighted by molar-refractivity contribution is 6.24. The van der Waals surface area contributed by atoms with Crippen LogP contribution in [0.1, 0.15) is 35.2 Å². The first-order valence-electron chi connectivity index (χ1n) is 19.0. The van der Waals surface area contributed by atoms with Crippen LogP contribution in [-0.4, -0.2) is 9.13 Å². The van der Waals surface area contributed by atoms with Crippen LogP contribution in [0.2, 0.25) is 0 Å². The number of para-hydroxylation sites is 4. The quantitative estimate of drug-likeness (QED) is 0.170. The van der Waals surface area contributed by atoms with Gasteiger partial charge in [-0.15, -0.1) is 0 Å². The van der Waals surface area contributed by atoms with Crippen LogP contribution in [-0.2, 0) is 0 Å². The second-order valence-corrected chi connectivity index (χ2v) is 14.7. The predicted octanol–water partition coefficient (Wildman–Crippen LogP) is 12.6. The van der Waals surface area contributed by atoms with Crippen molar-refractivity contribution >= 4 is 93.9 Å². The summed E-state index contributed by atoms with van der Waals surface area (Å²) in [6.07, 6.45) is 9.56. The third-order valence-electron chi connectivity index (χ3n) is 11.7. The third-order valence-corrected chi connectivity index (χ3v) is 11.7. The zero-order valence-corrected chi connectivity index (χ0v) is 30.4. The van der Waals surface area contributed by atoms with E-state index in [1.54, 1.807) is 0 Å². The lowest BCUT2D eigenvalue weighted by Gasteiger charge is -2.23. The van der Waals surface area contributed by atoms with E-state index < -0.39 is 5.92 Å². The van der Waals surface area contributed by atoms with Crippen molar-refractivity contribution in [1.29, 1.82) is 10.5 Å². The summed E-state index contributed by atoms with van der Waals surface area (Å²) in [6.45, 7) is 0. The first-order valence-corrected chi connectivity index (χ1v) is 19.0. The summed E-state index contributed by atoms with van der Waals surface area (Å²) < 4.78 is 17.6. The van der Waals surface area contributed by atoms with E-state index >= 15 is 0 Å². The maximum atomic E-state index is 10.8. The van der Waals surface area contributed by atoms with Gasteiger partial charge in [0.1, 0.15) is 34.1 Å². The molecule has 4 heterocycles. The topological polar surface area (TPSA) is 83.7 Å². The minimum atomic E-state index is -0.416. The maximum absolute atomic E-state index is 10.8. The molecule has 10 aromatic rings. The molecule has 0 spiro atoms. The molecule has 57 heavy (non-hydrogen) atoms. The van der Waals surface area contributed by atoms with Gasteiger partial charge in [0.05, 0.1) is 50.6 Å². The van der Waals surface area contributed by atoms with Gasteiger partial charge in [0, 0.05) is 50.2 Å². The smallest absolute Gasteiger partial charge is 0.145 e. The predicted molar refractivity (Wildman–Crippen MR) is 228 cm³/mol. The second kappa shape index (κ2) is 11.8. The molecule has 2 aliphatic carbocycles. The van der Waals surface area contributed by atoms with Crippen molar-refractivity contribution in [3.05, 3.63) is 156 Å². The summed E-state index contributed by atoms with van der Waals surface area (Å²) in [5, 5.41) is 28.7. The van der Waals surface area contributed by atoms with E-state index in [1.165, 1.54) is 0 Å². The molecule has 6 nitrogen and oxygen atoms in total. The Morgan fingerprint density at radius 1 is 0.649 bits per heavy atom. The number of benzene rings is 6. The molecule has 6 heteroatoms. The van der Waals surface area contributed by atoms with Crippen molar-refractivity contribution in [2.24, 2.45) is 5.92 Å². The molecular formula is C51H28N4O2. The average molecular weight is 729 g/mol. The van der Waals surface area contributed by atoms with Crippen LogP contribution >= 0.6 is 0 Å². The van der Waals surface area contributed by atoms with Gasteiger partial charge in [0.25, 0.3) is 0 Å². The van der Waals surface area contributed by atoms with Gasteiger partial charge in [0.15, 0.2) is 0 Å². The fraction of sp³-hybridized carbons (Fsp3) is 0.0588. The SMILES string of the molecule is N#Cc1cccc(C2=CC(n3c4ccccc4c4c5oc6ccccc6c5ccc43)=CC(C#N)C2)c1-n1c2c(c3c4oc5ccccc5c4ccc31)C=CCC#C2. The molecule has 6 aromatic carbocycles. The Hall–Kier alpha value is -7.98. The average Bonchev–Trinajstić information content (AvgIpc) is 3.96. The van der Waals surface area contributed by atoms with Gasteiger partial charge in [-0.2, -0.15) is 10.5 Å². The number of allylic oxidation sites excluding steroid dienone is 5. The van der Waals surface area contributed by atoms with Crippen molar-refractivity contribution in [2.75, 3.05) is 0 Å². The van der Waals surface area contributed by atoms with Gasteiger partial charge >= 0.3 is 0 Å². The molecular weight excluding hydrogens is 701 g/mol. The highest BCUT2D eigenvalue weighted by atomic mass is 16.3. The zero-order valence-electron chi connectivity index (χ0n) is 30.4. The number of aromatic nitrogens is 2. The molecule has 0 fully saturated rings. The first-order chi connectivity index (χ1) is 28.2. The number of hydrogen-bond donors (Lipinski definition) is 0. The van der Waals surface area contributed by atoms with E-state index in [1.807, 2.05) is 48.5 Å². The lowest BCUT2D eigenvalue weighted by Crippen LogP contribution is -2.10. The Labute approximate surface area is 325 Å². The Balaban J connectivity index is 1.13. The Morgan fingerprint density at radius 3 is 2.07 bits per heavy atom. The fourth-order valence-corrected chi connectivity index (χ4v) is 9.32. The summed E-state index contributed by atoms with van der Waals surface area (Å²) in [7, 11) is 0. The molecule has 0 aliphatic heterocycles. The van der Waals surface area contributed by atoms with E-state index in [0.29, 0.717) is 18.4 Å². The van der Waals surface area contributed by atoms with Gasteiger partial charge < -0.3 is 13.4 Å². The summed E-state index contributed by atoms with van der Waals surface area (Å²) in [6, 6.07) is 44.1. The molecule has 0 radical (unpaired) electrons. The van der Waals surface area contributed by atoms with Crippen molar-refractivity contribution in [3.8, 4) is 29.7 Å². The van der Waals surface area contributed by atoms with E-state index in [2.05, 4.69) is 124 Å². The standard InChI is InChI=1S/C51H28N4O2/c52-28-30-25-32(27-33(26-30)54-41-18-7-4-15-39(41)47-43(54)23-21-37-35-12-5-8-19-45(35)56-50(37)47)34-16-10-11-31(29-53)49(34)55-42-17-3-1-2-14-40(42)48-44(55)24-22-38-36-13-6-9-20-46(36)57-51(38)48/h2,4-16,18-24,26-27,30H,1,25H2. The zero-order chi connectivity index (χ0) is 37.8. The largest absolute Gasteiger partial charge is 0.455 e. The number of nitriles is 2. The molecule has 2 aliphatic rings. The van der Waals surface area contributed by atoms with Crippen molar-refractivity contribution in [2.45, 2.75) is 12.8 Å². The normalized spacial score (nSPS) is 15.2. The van der Waals surface area contributed by atoms with Crippen LogP contribution in [0.3, 0.4) is 0 Å². The van der Waals surface area contributed by atoms with Crippen LogP contribution in [0, 0.1) is 40.4 Å². The Kier molecular flexibility index (Phi) is 6.47. The maximum Gasteiger partial charge on any atom is 0.145 e. The van der Waals surface area contributed by atoms with E-state index in [0.717, 1.165) is 110 Å². The Bertz CT molecular complexity index is 3680. The molecule has 264 valence electrons. The van der Waals surface area contributed by atoms with Gasteiger partial charge in [-0.3, -0.25) is 4.57 Å².